The van der Waals surface area contributed by atoms with Gasteiger partial charge in [0.1, 0.15) is 29.7 Å². The van der Waals surface area contributed by atoms with Gasteiger partial charge in [-0.15, -0.1) is 0 Å². The van der Waals surface area contributed by atoms with Gasteiger partial charge in [-0.05, 0) is 12.1 Å². The Balaban J connectivity index is 2.29. The highest BCUT2D eigenvalue weighted by atomic mass is 16.6. The number of hydrogen-bond acceptors (Lipinski definition) is 7. The summed E-state index contributed by atoms with van der Waals surface area (Å²) in [6, 6.07) is 7.15. The van der Waals surface area contributed by atoms with Crippen molar-refractivity contribution < 1.29 is 19.2 Å². The molecule has 2 rings (SSSR count). The monoisotopic (exact) mass is 358 g/mol. The average Bonchev–Trinajstić information content (AvgIpc) is 2.63. The van der Waals surface area contributed by atoms with E-state index in [1.165, 1.54) is 14.2 Å². The Morgan fingerprint density at radius 1 is 1.35 bits per heavy atom. The second-order valence-corrected chi connectivity index (χ2v) is 5.03. The molecule has 0 unspecified atom stereocenters. The molecule has 10 nitrogen and oxygen atoms in total. The van der Waals surface area contributed by atoms with E-state index in [-0.39, 0.29) is 0 Å². The van der Waals surface area contributed by atoms with E-state index in [4.69, 9.17) is 14.7 Å². The number of carbonyl (C=O) groups excluding carboxylic acids is 1. The van der Waals surface area contributed by atoms with Crippen LogP contribution in [0.25, 0.3) is 0 Å². The predicted molar refractivity (Wildman–Crippen MR) is 90.2 cm³/mol. The third-order valence-corrected chi connectivity index (χ3v) is 3.40. The number of amides is 1. The molecule has 0 saturated heterocycles. The van der Waals surface area contributed by atoms with E-state index < -0.39 is 34.2 Å². The van der Waals surface area contributed by atoms with Crippen LogP contribution in [0.3, 0.4) is 0 Å². The molecule has 1 heterocycles. The summed E-state index contributed by atoms with van der Waals surface area (Å²) in [6.07, 6.45) is 0.911. The van der Waals surface area contributed by atoms with Gasteiger partial charge in [0, 0.05) is 12.1 Å². The molecular weight excluding hydrogens is 344 g/mol. The summed E-state index contributed by atoms with van der Waals surface area (Å²) < 4.78 is 11.0. The van der Waals surface area contributed by atoms with Crippen molar-refractivity contribution in [2.45, 2.75) is 6.54 Å². The van der Waals surface area contributed by atoms with Crippen molar-refractivity contribution in [3.05, 3.63) is 56.5 Å². The quantitative estimate of drug-likeness (QED) is 0.606. The summed E-state index contributed by atoms with van der Waals surface area (Å²) in [7, 11) is 2.89. The summed E-state index contributed by atoms with van der Waals surface area (Å²) in [5.74, 6) is 0.232. The minimum atomic E-state index is -0.796. The average molecular weight is 358 g/mol. The van der Waals surface area contributed by atoms with E-state index in [9.17, 15) is 19.7 Å². The van der Waals surface area contributed by atoms with Crippen molar-refractivity contribution in [2.24, 2.45) is 0 Å². The number of methoxy groups -OCH3 is 2. The molecule has 2 aromatic rings. The molecule has 0 atom stereocenters. The van der Waals surface area contributed by atoms with E-state index in [1.807, 2.05) is 0 Å². The number of nitriles is 1. The van der Waals surface area contributed by atoms with Gasteiger partial charge in [-0.1, -0.05) is 0 Å². The van der Waals surface area contributed by atoms with Crippen molar-refractivity contribution in [1.29, 1.82) is 5.26 Å². The maximum absolute atomic E-state index is 12.2. The molecule has 0 bridgehead atoms. The van der Waals surface area contributed by atoms with Crippen LogP contribution in [0.5, 0.6) is 11.5 Å². The fourth-order valence-corrected chi connectivity index (χ4v) is 2.16. The lowest BCUT2D eigenvalue weighted by Gasteiger charge is -2.12. The molecule has 0 aliphatic carbocycles. The molecule has 26 heavy (non-hydrogen) atoms. The molecule has 0 spiro atoms. The van der Waals surface area contributed by atoms with Gasteiger partial charge in [-0.2, -0.15) is 5.26 Å². The van der Waals surface area contributed by atoms with Crippen molar-refractivity contribution in [1.82, 2.24) is 4.57 Å². The van der Waals surface area contributed by atoms with Crippen LogP contribution in [0, 0.1) is 21.4 Å². The number of hydrogen-bond donors (Lipinski definition) is 1. The van der Waals surface area contributed by atoms with E-state index >= 15 is 0 Å². The minimum absolute atomic E-state index is 0.331. The zero-order valence-electron chi connectivity index (χ0n) is 13.9. The van der Waals surface area contributed by atoms with Gasteiger partial charge in [-0.3, -0.25) is 24.3 Å². The Kier molecular flexibility index (Phi) is 5.54. The lowest BCUT2D eigenvalue weighted by Crippen LogP contribution is -2.29. The third-order valence-electron chi connectivity index (χ3n) is 3.40. The van der Waals surface area contributed by atoms with Crippen LogP contribution in [0.1, 0.15) is 5.56 Å². The molecule has 0 radical (unpaired) electrons. The highest BCUT2D eigenvalue weighted by Crippen LogP contribution is 2.28. The highest BCUT2D eigenvalue weighted by Gasteiger charge is 2.16. The summed E-state index contributed by atoms with van der Waals surface area (Å²) in [5, 5.41) is 22.4. The molecule has 0 aliphatic heterocycles. The van der Waals surface area contributed by atoms with E-state index in [0.717, 1.165) is 16.8 Å². The van der Waals surface area contributed by atoms with Crippen molar-refractivity contribution >= 4 is 17.3 Å². The number of carbonyl (C=O) groups is 1. The fourth-order valence-electron chi connectivity index (χ4n) is 2.16. The van der Waals surface area contributed by atoms with Gasteiger partial charge >= 0.3 is 0 Å². The van der Waals surface area contributed by atoms with E-state index in [2.05, 4.69) is 5.32 Å². The van der Waals surface area contributed by atoms with Crippen molar-refractivity contribution in [3.63, 3.8) is 0 Å². The van der Waals surface area contributed by atoms with Crippen LogP contribution in [0.4, 0.5) is 11.4 Å². The molecule has 1 aromatic heterocycles. The van der Waals surface area contributed by atoms with Crippen LogP contribution in [-0.2, 0) is 11.3 Å². The van der Waals surface area contributed by atoms with Crippen molar-refractivity contribution in [2.75, 3.05) is 19.5 Å². The number of rotatable bonds is 6. The molecule has 10 heteroatoms. The summed E-state index contributed by atoms with van der Waals surface area (Å²) in [6.45, 7) is -0.510. The van der Waals surface area contributed by atoms with E-state index in [0.29, 0.717) is 17.2 Å². The summed E-state index contributed by atoms with van der Waals surface area (Å²) >= 11 is 0. The molecule has 0 saturated carbocycles. The first-order valence-corrected chi connectivity index (χ1v) is 7.20. The van der Waals surface area contributed by atoms with Crippen LogP contribution in [0.2, 0.25) is 0 Å². The second-order valence-electron chi connectivity index (χ2n) is 5.03. The van der Waals surface area contributed by atoms with E-state index in [1.54, 1.807) is 24.3 Å². The number of pyridine rings is 1. The Hall–Kier alpha value is -3.87. The maximum Gasteiger partial charge on any atom is 0.287 e. The normalized spacial score (nSPS) is 9.88. The standard InChI is InChI=1S/C16H14N4O6/c1-25-12-3-4-13(14(6-12)26-2)18-15(21)9-19-8-11(20(23)24)5-10(7-17)16(19)22/h3-6,8H,9H2,1-2H3,(H,18,21). The molecule has 1 aromatic carbocycles. The highest BCUT2D eigenvalue weighted by molar-refractivity contribution is 5.92. The zero-order chi connectivity index (χ0) is 19.3. The van der Waals surface area contributed by atoms with Gasteiger partial charge < -0.3 is 14.8 Å². The zero-order valence-corrected chi connectivity index (χ0v) is 13.9. The second kappa shape index (κ2) is 7.80. The van der Waals surface area contributed by atoms with Gasteiger partial charge in [-0.25, -0.2) is 0 Å². The largest absolute Gasteiger partial charge is 0.497 e. The first kappa shape index (κ1) is 18.5. The molecule has 0 aliphatic rings. The smallest absolute Gasteiger partial charge is 0.287 e. The van der Waals surface area contributed by atoms with Crippen LogP contribution >= 0.6 is 0 Å². The first-order chi connectivity index (χ1) is 12.4. The summed E-state index contributed by atoms with van der Waals surface area (Å²) in [5.41, 5.74) is -1.35. The number of ether oxygens (including phenoxy) is 2. The molecular formula is C16H14N4O6. The Morgan fingerprint density at radius 3 is 2.65 bits per heavy atom. The van der Waals surface area contributed by atoms with Crippen LogP contribution in [0.15, 0.2) is 35.3 Å². The maximum atomic E-state index is 12.2. The van der Waals surface area contributed by atoms with Gasteiger partial charge in [0.2, 0.25) is 5.91 Å². The first-order valence-electron chi connectivity index (χ1n) is 7.20. The number of nitro groups is 1. The third kappa shape index (κ3) is 3.96. The van der Waals surface area contributed by atoms with Crippen LogP contribution in [-0.4, -0.2) is 29.6 Å². The molecule has 1 N–H and O–H groups in total. The molecule has 1 amide bonds. The molecule has 134 valence electrons. The van der Waals surface area contributed by atoms with Crippen LogP contribution < -0.4 is 20.3 Å². The predicted octanol–water partition coefficient (Wildman–Crippen LogP) is 1.28. The molecule has 0 fully saturated rings. The summed E-state index contributed by atoms with van der Waals surface area (Å²) in [4.78, 5) is 34.4. The number of anilines is 1. The van der Waals surface area contributed by atoms with Gasteiger partial charge in [0.05, 0.1) is 31.0 Å². The number of nitrogens with one attached hydrogen (secondary N) is 1. The van der Waals surface area contributed by atoms with Gasteiger partial charge in [0.15, 0.2) is 0 Å². The fraction of sp³-hybridized carbons (Fsp3) is 0.188. The Morgan fingerprint density at radius 2 is 2.08 bits per heavy atom. The van der Waals surface area contributed by atoms with Gasteiger partial charge in [0.25, 0.3) is 11.2 Å². The lowest BCUT2D eigenvalue weighted by molar-refractivity contribution is -0.385. The Bertz CT molecular complexity index is 960. The SMILES string of the molecule is COc1ccc(NC(=O)Cn2cc([N+](=O)[O-])cc(C#N)c2=O)c(OC)c1. The Labute approximate surface area is 147 Å². The number of aromatic nitrogens is 1. The van der Waals surface area contributed by atoms with Crippen molar-refractivity contribution in [3.8, 4) is 17.6 Å². The minimum Gasteiger partial charge on any atom is -0.497 e. The number of nitrogens with zero attached hydrogens (tertiary/aromatic N) is 3. The lowest BCUT2D eigenvalue weighted by atomic mass is 10.2. The number of benzene rings is 1. The topological polar surface area (TPSA) is 136 Å².